The first-order chi connectivity index (χ1) is 8.69. The van der Waals surface area contributed by atoms with Crippen molar-refractivity contribution in [2.24, 2.45) is 0 Å². The lowest BCUT2D eigenvalue weighted by molar-refractivity contribution is -0.00461. The van der Waals surface area contributed by atoms with Crippen molar-refractivity contribution in [1.29, 1.82) is 0 Å². The number of hydrogen-bond donors (Lipinski definition) is 0. The molecule has 2 unspecified atom stereocenters. The molecule has 1 aliphatic heterocycles. The molecule has 2 atom stereocenters. The van der Waals surface area contributed by atoms with E-state index in [1.165, 1.54) is 11.3 Å². The van der Waals surface area contributed by atoms with E-state index in [0.29, 0.717) is 0 Å². The Labute approximate surface area is 125 Å². The van der Waals surface area contributed by atoms with Crippen molar-refractivity contribution in [3.05, 3.63) is 28.2 Å². The number of nitrogens with zero attached hydrogens (tertiary/aromatic N) is 1. The van der Waals surface area contributed by atoms with Gasteiger partial charge in [0.1, 0.15) is 12.2 Å². The Bertz CT molecular complexity index is 402. The molecule has 0 bridgehead atoms. The van der Waals surface area contributed by atoms with Crippen LogP contribution in [0, 0.1) is 0 Å². The fourth-order valence-electron chi connectivity index (χ4n) is 2.25. The van der Waals surface area contributed by atoms with Gasteiger partial charge < -0.3 is 14.4 Å². The SMILES string of the molecule is COC1CN(c2ccc(CBr)c(Br)c2)CC1OC. The predicted molar refractivity (Wildman–Crippen MR) is 80.6 cm³/mol. The number of alkyl halides is 1. The van der Waals surface area contributed by atoms with E-state index in [9.17, 15) is 0 Å². The molecule has 0 spiro atoms. The van der Waals surface area contributed by atoms with Gasteiger partial charge in [0.05, 0.1) is 0 Å². The molecule has 3 nitrogen and oxygen atoms in total. The van der Waals surface area contributed by atoms with E-state index in [-0.39, 0.29) is 12.2 Å². The lowest BCUT2D eigenvalue weighted by Crippen LogP contribution is -2.27. The lowest BCUT2D eigenvalue weighted by Gasteiger charge is -2.19. The minimum absolute atomic E-state index is 0.143. The van der Waals surface area contributed by atoms with Crippen LogP contribution in [0.1, 0.15) is 5.56 Å². The van der Waals surface area contributed by atoms with Crippen LogP contribution < -0.4 is 4.90 Å². The van der Waals surface area contributed by atoms with Crippen LogP contribution in [0.4, 0.5) is 5.69 Å². The second-order valence-electron chi connectivity index (χ2n) is 4.36. The molecule has 1 aromatic carbocycles. The molecule has 2 rings (SSSR count). The molecule has 0 aromatic heterocycles. The van der Waals surface area contributed by atoms with Gasteiger partial charge in [-0.1, -0.05) is 37.9 Å². The Balaban J connectivity index is 2.15. The smallest absolute Gasteiger partial charge is 0.102 e. The van der Waals surface area contributed by atoms with E-state index in [0.717, 1.165) is 22.9 Å². The number of halogens is 2. The van der Waals surface area contributed by atoms with E-state index in [2.05, 4.69) is 55.0 Å². The summed E-state index contributed by atoms with van der Waals surface area (Å²) < 4.78 is 12.0. The average Bonchev–Trinajstić information content (AvgIpc) is 2.81. The molecule has 0 saturated carbocycles. The minimum atomic E-state index is 0.143. The fraction of sp³-hybridized carbons (Fsp3) is 0.538. The van der Waals surface area contributed by atoms with Crippen molar-refractivity contribution >= 4 is 37.5 Å². The molecule has 1 fully saturated rings. The molecule has 18 heavy (non-hydrogen) atoms. The third kappa shape index (κ3) is 2.90. The highest BCUT2D eigenvalue weighted by Gasteiger charge is 2.33. The number of methoxy groups -OCH3 is 2. The molecule has 0 aliphatic carbocycles. The molecule has 1 aromatic rings. The number of rotatable bonds is 4. The summed E-state index contributed by atoms with van der Waals surface area (Å²) in [5, 5.41) is 0.856. The van der Waals surface area contributed by atoms with Gasteiger partial charge in [-0.15, -0.1) is 0 Å². The van der Waals surface area contributed by atoms with Crippen molar-refractivity contribution in [3.63, 3.8) is 0 Å². The number of benzene rings is 1. The van der Waals surface area contributed by atoms with Gasteiger partial charge in [0.2, 0.25) is 0 Å². The standard InChI is InChI=1S/C13H17Br2NO2/c1-17-12-7-16(8-13(12)18-2)10-4-3-9(6-14)11(15)5-10/h3-5,12-13H,6-8H2,1-2H3. The highest BCUT2D eigenvalue weighted by atomic mass is 79.9. The molecule has 5 heteroatoms. The maximum atomic E-state index is 5.46. The molecule has 0 amide bonds. The zero-order chi connectivity index (χ0) is 13.1. The summed E-state index contributed by atoms with van der Waals surface area (Å²) in [7, 11) is 3.48. The average molecular weight is 379 g/mol. The van der Waals surface area contributed by atoms with Crippen LogP contribution in [0.5, 0.6) is 0 Å². The van der Waals surface area contributed by atoms with Gasteiger partial charge in [0.25, 0.3) is 0 Å². The summed E-state index contributed by atoms with van der Waals surface area (Å²) in [6.45, 7) is 1.74. The lowest BCUT2D eigenvalue weighted by atomic mass is 10.2. The van der Waals surface area contributed by atoms with Crippen LogP contribution in [0.2, 0.25) is 0 Å². The summed E-state index contributed by atoms with van der Waals surface area (Å²) in [6, 6.07) is 6.43. The third-order valence-electron chi connectivity index (χ3n) is 3.37. The Morgan fingerprint density at radius 3 is 2.28 bits per heavy atom. The van der Waals surface area contributed by atoms with E-state index < -0.39 is 0 Å². The van der Waals surface area contributed by atoms with Crippen LogP contribution in [-0.4, -0.2) is 39.5 Å². The summed E-state index contributed by atoms with van der Waals surface area (Å²) in [6.07, 6.45) is 0.286. The van der Waals surface area contributed by atoms with Crippen molar-refractivity contribution in [2.45, 2.75) is 17.5 Å². The summed E-state index contributed by atoms with van der Waals surface area (Å²) in [5.41, 5.74) is 2.46. The van der Waals surface area contributed by atoms with Crippen molar-refractivity contribution in [2.75, 3.05) is 32.2 Å². The summed E-state index contributed by atoms with van der Waals surface area (Å²) in [5.74, 6) is 0. The van der Waals surface area contributed by atoms with Gasteiger partial charge >= 0.3 is 0 Å². The highest BCUT2D eigenvalue weighted by Crippen LogP contribution is 2.29. The number of anilines is 1. The topological polar surface area (TPSA) is 21.7 Å². The normalized spacial score (nSPS) is 23.7. The molecular weight excluding hydrogens is 362 g/mol. The van der Waals surface area contributed by atoms with Crippen LogP contribution >= 0.6 is 31.9 Å². The van der Waals surface area contributed by atoms with E-state index in [4.69, 9.17) is 9.47 Å². The van der Waals surface area contributed by atoms with Gasteiger partial charge in [0.15, 0.2) is 0 Å². The molecule has 0 radical (unpaired) electrons. The van der Waals surface area contributed by atoms with E-state index >= 15 is 0 Å². The molecule has 1 saturated heterocycles. The zero-order valence-corrected chi connectivity index (χ0v) is 13.7. The third-order valence-corrected chi connectivity index (χ3v) is 4.71. The van der Waals surface area contributed by atoms with Gasteiger partial charge in [-0.05, 0) is 17.7 Å². The molecule has 0 N–H and O–H groups in total. The summed E-state index contributed by atoms with van der Waals surface area (Å²) in [4.78, 5) is 2.30. The fourth-order valence-corrected chi connectivity index (χ4v) is 3.62. The second kappa shape index (κ2) is 6.37. The molecule has 100 valence electrons. The minimum Gasteiger partial charge on any atom is -0.377 e. The number of ether oxygens (including phenoxy) is 2. The Morgan fingerprint density at radius 1 is 1.22 bits per heavy atom. The quantitative estimate of drug-likeness (QED) is 0.751. The van der Waals surface area contributed by atoms with Crippen LogP contribution in [-0.2, 0) is 14.8 Å². The van der Waals surface area contributed by atoms with Crippen LogP contribution in [0.3, 0.4) is 0 Å². The molecule has 1 aliphatic rings. The first-order valence-electron chi connectivity index (χ1n) is 5.84. The van der Waals surface area contributed by atoms with E-state index in [1.807, 2.05) is 0 Å². The van der Waals surface area contributed by atoms with Gasteiger partial charge in [0, 0.05) is 42.8 Å². The van der Waals surface area contributed by atoms with Crippen molar-refractivity contribution < 1.29 is 9.47 Å². The van der Waals surface area contributed by atoms with Gasteiger partial charge in [-0.25, -0.2) is 0 Å². The van der Waals surface area contributed by atoms with E-state index in [1.54, 1.807) is 14.2 Å². The predicted octanol–water partition coefficient (Wildman–Crippen LogP) is 3.19. The highest BCUT2D eigenvalue weighted by molar-refractivity contribution is 9.10. The maximum absolute atomic E-state index is 5.46. The number of hydrogen-bond acceptors (Lipinski definition) is 3. The first-order valence-corrected chi connectivity index (χ1v) is 7.76. The second-order valence-corrected chi connectivity index (χ2v) is 5.78. The van der Waals surface area contributed by atoms with Crippen molar-refractivity contribution in [1.82, 2.24) is 0 Å². The monoisotopic (exact) mass is 377 g/mol. The van der Waals surface area contributed by atoms with Crippen LogP contribution in [0.25, 0.3) is 0 Å². The Hall–Kier alpha value is -0.100. The summed E-state index contributed by atoms with van der Waals surface area (Å²) >= 11 is 7.07. The van der Waals surface area contributed by atoms with Crippen molar-refractivity contribution in [3.8, 4) is 0 Å². The zero-order valence-electron chi connectivity index (χ0n) is 10.5. The molecule has 1 heterocycles. The Kier molecular flexibility index (Phi) is 5.06. The Morgan fingerprint density at radius 2 is 1.83 bits per heavy atom. The molecular formula is C13H17Br2NO2. The maximum Gasteiger partial charge on any atom is 0.102 e. The largest absolute Gasteiger partial charge is 0.377 e. The van der Waals surface area contributed by atoms with Gasteiger partial charge in [-0.2, -0.15) is 0 Å². The van der Waals surface area contributed by atoms with Crippen LogP contribution in [0.15, 0.2) is 22.7 Å². The first kappa shape index (κ1) is 14.3. The van der Waals surface area contributed by atoms with Gasteiger partial charge in [-0.3, -0.25) is 0 Å².